The lowest BCUT2D eigenvalue weighted by Crippen LogP contribution is -2.31. The van der Waals surface area contributed by atoms with Crippen LogP contribution in [-0.2, 0) is 0 Å². The molecule has 1 aromatic rings. The van der Waals surface area contributed by atoms with E-state index in [4.69, 9.17) is 0 Å². The molecule has 0 amide bonds. The quantitative estimate of drug-likeness (QED) is 0.777. The molecule has 0 heterocycles. The normalized spacial score (nSPS) is 17.2. The van der Waals surface area contributed by atoms with Gasteiger partial charge in [0.1, 0.15) is 0 Å². The monoisotopic (exact) mass is 245 g/mol. The summed E-state index contributed by atoms with van der Waals surface area (Å²) in [5.74, 6) is 0.900. The first-order valence-electron chi connectivity index (χ1n) is 7.07. The third-order valence-electron chi connectivity index (χ3n) is 4.01. The van der Waals surface area contributed by atoms with Gasteiger partial charge in [-0.2, -0.15) is 0 Å². The van der Waals surface area contributed by atoms with Gasteiger partial charge >= 0.3 is 0 Å². The Hall–Kier alpha value is -1.15. The molecule has 0 radical (unpaired) electrons. The molecule has 1 aromatic carbocycles. The summed E-state index contributed by atoms with van der Waals surface area (Å²) in [6.07, 6.45) is 4.94. The van der Waals surface area contributed by atoms with Crippen molar-refractivity contribution in [2.45, 2.75) is 51.5 Å². The minimum Gasteiger partial charge on any atom is -0.307 e. The average molecular weight is 245 g/mol. The molecule has 1 fully saturated rings. The Morgan fingerprint density at radius 2 is 2.22 bits per heavy atom. The molecule has 1 saturated carbocycles. The van der Waals surface area contributed by atoms with Gasteiger partial charge in [0.25, 0.3) is 0 Å². The van der Waals surface area contributed by atoms with Gasteiger partial charge in [-0.1, -0.05) is 31.5 Å². The highest BCUT2D eigenvalue weighted by atomic mass is 16.1. The fraction of sp³-hybridized carbons (Fsp3) is 0.562. The van der Waals surface area contributed by atoms with Gasteiger partial charge < -0.3 is 5.32 Å². The Bertz CT molecular complexity index is 409. The van der Waals surface area contributed by atoms with Crippen LogP contribution in [-0.4, -0.2) is 18.4 Å². The number of carbonyl (C=O) groups is 1. The van der Waals surface area contributed by atoms with E-state index >= 15 is 0 Å². The first-order chi connectivity index (χ1) is 8.70. The molecule has 1 aliphatic carbocycles. The van der Waals surface area contributed by atoms with E-state index in [-0.39, 0.29) is 5.78 Å². The van der Waals surface area contributed by atoms with Crippen LogP contribution in [0.25, 0.3) is 0 Å². The zero-order valence-corrected chi connectivity index (χ0v) is 11.4. The zero-order chi connectivity index (χ0) is 13.0. The summed E-state index contributed by atoms with van der Waals surface area (Å²) in [7, 11) is 0. The highest BCUT2D eigenvalue weighted by molar-refractivity contribution is 5.97. The lowest BCUT2D eigenvalue weighted by molar-refractivity contribution is 0.0987. The number of benzene rings is 1. The van der Waals surface area contributed by atoms with Crippen LogP contribution in [0, 0.1) is 0 Å². The first-order valence-corrected chi connectivity index (χ1v) is 7.07. The Morgan fingerprint density at radius 3 is 2.83 bits per heavy atom. The molecule has 18 heavy (non-hydrogen) atoms. The van der Waals surface area contributed by atoms with E-state index in [0.717, 1.165) is 12.0 Å². The molecule has 0 spiro atoms. The molecule has 0 saturated heterocycles. The van der Waals surface area contributed by atoms with Crippen LogP contribution >= 0.6 is 0 Å². The minimum absolute atomic E-state index is 0.205. The van der Waals surface area contributed by atoms with Gasteiger partial charge in [-0.25, -0.2) is 0 Å². The van der Waals surface area contributed by atoms with Gasteiger partial charge in [-0.15, -0.1) is 0 Å². The second-order valence-corrected chi connectivity index (χ2v) is 5.37. The smallest absolute Gasteiger partial charge is 0.176 e. The highest BCUT2D eigenvalue weighted by Gasteiger charge is 2.20. The summed E-state index contributed by atoms with van der Waals surface area (Å²) in [5.41, 5.74) is 2.20. The van der Waals surface area contributed by atoms with E-state index in [1.807, 2.05) is 12.1 Å². The number of nitrogens with one attached hydrogen (secondary N) is 1. The standard InChI is InChI=1S/C16H23NO/c1-3-12(2)17-11-16(18)15-9-5-8-14(10-15)13-6-4-7-13/h5,8-10,12-13,17H,3-4,6-7,11H2,1-2H3. The summed E-state index contributed by atoms with van der Waals surface area (Å²) in [5, 5.41) is 3.26. The number of hydrogen-bond donors (Lipinski definition) is 1. The number of hydrogen-bond acceptors (Lipinski definition) is 2. The molecule has 0 aliphatic heterocycles. The minimum atomic E-state index is 0.205. The average Bonchev–Trinajstić information content (AvgIpc) is 2.33. The summed E-state index contributed by atoms with van der Waals surface area (Å²) in [6.45, 7) is 4.68. The molecule has 2 heteroatoms. The van der Waals surface area contributed by atoms with Crippen LogP contribution in [0.2, 0.25) is 0 Å². The maximum absolute atomic E-state index is 12.1. The topological polar surface area (TPSA) is 29.1 Å². The van der Waals surface area contributed by atoms with Crippen molar-refractivity contribution in [3.05, 3.63) is 35.4 Å². The Morgan fingerprint density at radius 1 is 1.44 bits per heavy atom. The van der Waals surface area contributed by atoms with Crippen molar-refractivity contribution >= 4 is 5.78 Å². The van der Waals surface area contributed by atoms with Gasteiger partial charge in [0.2, 0.25) is 0 Å². The summed E-state index contributed by atoms with van der Waals surface area (Å²) in [6, 6.07) is 8.60. The third kappa shape index (κ3) is 3.20. The van der Waals surface area contributed by atoms with Gasteiger partial charge in [0.15, 0.2) is 5.78 Å². The fourth-order valence-electron chi connectivity index (χ4n) is 2.22. The maximum atomic E-state index is 12.1. The zero-order valence-electron chi connectivity index (χ0n) is 11.4. The van der Waals surface area contributed by atoms with Crippen molar-refractivity contribution in [2.75, 3.05) is 6.54 Å². The molecule has 2 rings (SSSR count). The largest absolute Gasteiger partial charge is 0.307 e. The lowest BCUT2D eigenvalue weighted by Gasteiger charge is -2.26. The predicted molar refractivity (Wildman–Crippen MR) is 75.1 cm³/mol. The van der Waals surface area contributed by atoms with Crippen LogP contribution in [0.5, 0.6) is 0 Å². The van der Waals surface area contributed by atoms with Crippen molar-refractivity contribution in [2.24, 2.45) is 0 Å². The summed E-state index contributed by atoms with van der Waals surface area (Å²) in [4.78, 5) is 12.1. The van der Waals surface area contributed by atoms with Crippen LogP contribution < -0.4 is 5.32 Å². The van der Waals surface area contributed by atoms with E-state index in [9.17, 15) is 4.79 Å². The first kappa shape index (κ1) is 13.3. The molecule has 0 bridgehead atoms. The fourth-order valence-corrected chi connectivity index (χ4v) is 2.22. The van der Waals surface area contributed by atoms with Crippen LogP contribution in [0.4, 0.5) is 0 Å². The summed E-state index contributed by atoms with van der Waals surface area (Å²) >= 11 is 0. The molecule has 98 valence electrons. The number of Topliss-reactive ketones (excluding diaryl/α,β-unsaturated/α-hetero) is 1. The van der Waals surface area contributed by atoms with Gasteiger partial charge in [-0.05, 0) is 43.7 Å². The van der Waals surface area contributed by atoms with Gasteiger partial charge in [-0.3, -0.25) is 4.79 Å². The van der Waals surface area contributed by atoms with Gasteiger partial charge in [0.05, 0.1) is 6.54 Å². The van der Waals surface area contributed by atoms with Crippen molar-refractivity contribution in [1.82, 2.24) is 5.32 Å². The van der Waals surface area contributed by atoms with E-state index in [0.29, 0.717) is 18.5 Å². The number of ketones is 1. The van der Waals surface area contributed by atoms with Crippen LogP contribution in [0.1, 0.15) is 61.4 Å². The highest BCUT2D eigenvalue weighted by Crippen LogP contribution is 2.36. The van der Waals surface area contributed by atoms with Crippen LogP contribution in [0.3, 0.4) is 0 Å². The molecule has 1 atom stereocenters. The van der Waals surface area contributed by atoms with E-state index < -0.39 is 0 Å². The van der Waals surface area contributed by atoms with Crippen molar-refractivity contribution in [3.8, 4) is 0 Å². The van der Waals surface area contributed by atoms with Crippen molar-refractivity contribution < 1.29 is 4.79 Å². The van der Waals surface area contributed by atoms with Crippen molar-refractivity contribution in [1.29, 1.82) is 0 Å². The molecule has 0 aromatic heterocycles. The van der Waals surface area contributed by atoms with Crippen LogP contribution in [0.15, 0.2) is 24.3 Å². The predicted octanol–water partition coefficient (Wildman–Crippen LogP) is 3.52. The number of carbonyl (C=O) groups excluding carboxylic acids is 1. The maximum Gasteiger partial charge on any atom is 0.176 e. The molecule has 1 unspecified atom stereocenters. The second kappa shape index (κ2) is 6.14. The Kier molecular flexibility index (Phi) is 4.54. The lowest BCUT2D eigenvalue weighted by atomic mass is 9.79. The van der Waals surface area contributed by atoms with Crippen molar-refractivity contribution in [3.63, 3.8) is 0 Å². The SMILES string of the molecule is CCC(C)NCC(=O)c1cccc(C2CCC2)c1. The molecular formula is C16H23NO. The molecular weight excluding hydrogens is 222 g/mol. The summed E-state index contributed by atoms with van der Waals surface area (Å²) < 4.78 is 0. The molecule has 1 N–H and O–H groups in total. The molecule has 1 aliphatic rings. The second-order valence-electron chi connectivity index (χ2n) is 5.37. The third-order valence-corrected chi connectivity index (χ3v) is 4.01. The van der Waals surface area contributed by atoms with E-state index in [2.05, 4.69) is 31.3 Å². The van der Waals surface area contributed by atoms with E-state index in [1.165, 1.54) is 24.8 Å². The molecule has 2 nitrogen and oxygen atoms in total. The Labute approximate surface area is 110 Å². The number of rotatable bonds is 6. The van der Waals surface area contributed by atoms with E-state index in [1.54, 1.807) is 0 Å². The van der Waals surface area contributed by atoms with Gasteiger partial charge in [0, 0.05) is 11.6 Å². The Balaban J connectivity index is 1.96.